The molecule has 3 rings (SSSR count). The first-order valence-corrected chi connectivity index (χ1v) is 5.71. The first-order valence-electron chi connectivity index (χ1n) is 5.71. The highest BCUT2D eigenvalue weighted by molar-refractivity contribution is 5.79. The fourth-order valence-electron chi connectivity index (χ4n) is 2.08. The molecule has 1 saturated carbocycles. The smallest absolute Gasteiger partial charge is 0.0457 e. The molecule has 0 aliphatic heterocycles. The summed E-state index contributed by atoms with van der Waals surface area (Å²) in [5.74, 6) is 0. The lowest BCUT2D eigenvalue weighted by molar-refractivity contribution is 0.338. The van der Waals surface area contributed by atoms with E-state index in [1.54, 1.807) is 0 Å². The summed E-state index contributed by atoms with van der Waals surface area (Å²) >= 11 is 0. The second-order valence-corrected chi connectivity index (χ2v) is 4.41. The minimum absolute atomic E-state index is 0.768. The maximum absolute atomic E-state index is 3.58. The van der Waals surface area contributed by atoms with Gasteiger partial charge in [0.05, 0.1) is 0 Å². The molecule has 0 amide bonds. The molecule has 15 heavy (non-hydrogen) atoms. The van der Waals surface area contributed by atoms with Gasteiger partial charge in [-0.25, -0.2) is 0 Å². The van der Waals surface area contributed by atoms with Gasteiger partial charge in [-0.15, -0.1) is 0 Å². The molecule has 1 fully saturated rings. The van der Waals surface area contributed by atoms with Crippen LogP contribution in [-0.2, 0) is 6.54 Å². The summed E-state index contributed by atoms with van der Waals surface area (Å²) in [5, 5.41) is 4.87. The normalized spacial score (nSPS) is 16.8. The van der Waals surface area contributed by atoms with Crippen LogP contribution in [0.5, 0.6) is 0 Å². The summed E-state index contributed by atoms with van der Waals surface area (Å²) in [7, 11) is 0. The fraction of sp³-hybridized carbons (Fsp3) is 0.385. The second-order valence-electron chi connectivity index (χ2n) is 4.41. The van der Waals surface area contributed by atoms with Crippen molar-refractivity contribution in [3.8, 4) is 0 Å². The molecule has 2 nitrogen and oxygen atoms in total. The van der Waals surface area contributed by atoms with Gasteiger partial charge in [-0.3, -0.25) is 0 Å². The number of H-pyrrole nitrogens is 1. The van der Waals surface area contributed by atoms with Crippen LogP contribution < -0.4 is 5.32 Å². The largest absolute Gasteiger partial charge is 0.361 e. The molecule has 78 valence electrons. The summed E-state index contributed by atoms with van der Waals surface area (Å²) in [6, 6.07) is 9.51. The van der Waals surface area contributed by atoms with E-state index in [1.807, 2.05) is 6.20 Å². The van der Waals surface area contributed by atoms with Crippen LogP contribution >= 0.6 is 0 Å². The third kappa shape index (κ3) is 1.77. The topological polar surface area (TPSA) is 27.8 Å². The maximum atomic E-state index is 3.58. The molecule has 1 aliphatic carbocycles. The lowest BCUT2D eigenvalue weighted by Crippen LogP contribution is -2.34. The van der Waals surface area contributed by atoms with Gasteiger partial charge in [-0.1, -0.05) is 18.6 Å². The van der Waals surface area contributed by atoms with E-state index in [-0.39, 0.29) is 0 Å². The van der Waals surface area contributed by atoms with Crippen molar-refractivity contribution in [1.29, 1.82) is 0 Å². The van der Waals surface area contributed by atoms with Gasteiger partial charge in [0.1, 0.15) is 0 Å². The first kappa shape index (κ1) is 8.98. The Hall–Kier alpha value is -1.28. The zero-order chi connectivity index (χ0) is 10.1. The fourth-order valence-corrected chi connectivity index (χ4v) is 2.08. The van der Waals surface area contributed by atoms with Crippen molar-refractivity contribution in [2.75, 3.05) is 0 Å². The van der Waals surface area contributed by atoms with Crippen molar-refractivity contribution < 1.29 is 0 Å². The minimum Gasteiger partial charge on any atom is -0.361 e. The summed E-state index contributed by atoms with van der Waals surface area (Å²) in [5.41, 5.74) is 2.61. The van der Waals surface area contributed by atoms with Gasteiger partial charge in [0, 0.05) is 24.3 Å². The van der Waals surface area contributed by atoms with Crippen LogP contribution in [0.1, 0.15) is 24.8 Å². The molecule has 1 aliphatic rings. The van der Waals surface area contributed by atoms with Crippen molar-refractivity contribution in [3.05, 3.63) is 36.0 Å². The highest BCUT2D eigenvalue weighted by Gasteiger charge is 2.15. The van der Waals surface area contributed by atoms with Crippen LogP contribution in [0.2, 0.25) is 0 Å². The molecule has 0 spiro atoms. The van der Waals surface area contributed by atoms with Gasteiger partial charge < -0.3 is 10.3 Å². The number of nitrogens with one attached hydrogen (secondary N) is 2. The van der Waals surface area contributed by atoms with E-state index in [0.29, 0.717) is 0 Å². The monoisotopic (exact) mass is 200 g/mol. The van der Waals surface area contributed by atoms with Crippen molar-refractivity contribution >= 4 is 10.9 Å². The standard InChI is InChI=1S/C13H16N2/c1-2-12(3-1)15-9-10-4-5-11-6-7-14-13(11)8-10/h4-8,12,14-15H,1-3,9H2. The number of aromatic amines is 1. The van der Waals surface area contributed by atoms with Crippen molar-refractivity contribution in [3.63, 3.8) is 0 Å². The molecule has 0 bridgehead atoms. The molecule has 2 heteroatoms. The van der Waals surface area contributed by atoms with Crippen LogP contribution in [0.25, 0.3) is 10.9 Å². The number of rotatable bonds is 3. The Morgan fingerprint density at radius 3 is 3.00 bits per heavy atom. The average molecular weight is 200 g/mol. The summed E-state index contributed by atoms with van der Waals surface area (Å²) in [6.45, 7) is 1.000. The number of aromatic nitrogens is 1. The van der Waals surface area contributed by atoms with E-state index in [1.165, 1.54) is 35.7 Å². The minimum atomic E-state index is 0.768. The number of benzene rings is 1. The molecule has 1 aromatic carbocycles. The predicted molar refractivity (Wildman–Crippen MR) is 62.8 cm³/mol. The average Bonchev–Trinajstić information content (AvgIpc) is 2.62. The van der Waals surface area contributed by atoms with Crippen LogP contribution in [0.15, 0.2) is 30.5 Å². The summed E-state index contributed by atoms with van der Waals surface area (Å²) in [4.78, 5) is 3.25. The Labute approximate surface area is 89.7 Å². The van der Waals surface area contributed by atoms with Crippen LogP contribution in [-0.4, -0.2) is 11.0 Å². The zero-order valence-corrected chi connectivity index (χ0v) is 8.79. The van der Waals surface area contributed by atoms with E-state index in [0.717, 1.165) is 12.6 Å². The molecule has 0 radical (unpaired) electrons. The Balaban J connectivity index is 1.72. The lowest BCUT2D eigenvalue weighted by Gasteiger charge is -2.26. The Kier molecular flexibility index (Phi) is 2.22. The lowest BCUT2D eigenvalue weighted by atomic mass is 9.93. The van der Waals surface area contributed by atoms with Crippen molar-refractivity contribution in [2.45, 2.75) is 31.8 Å². The molecular weight excluding hydrogens is 184 g/mol. The Morgan fingerprint density at radius 1 is 1.27 bits per heavy atom. The maximum Gasteiger partial charge on any atom is 0.0457 e. The number of fused-ring (bicyclic) bond motifs is 1. The molecule has 2 aromatic rings. The third-order valence-corrected chi connectivity index (χ3v) is 3.32. The van der Waals surface area contributed by atoms with Gasteiger partial charge in [0.15, 0.2) is 0 Å². The predicted octanol–water partition coefficient (Wildman–Crippen LogP) is 2.81. The Bertz CT molecular complexity index is 454. The second kappa shape index (κ2) is 3.70. The molecular formula is C13H16N2. The summed E-state index contributed by atoms with van der Waals surface area (Å²) < 4.78 is 0. The van der Waals surface area contributed by atoms with E-state index >= 15 is 0 Å². The van der Waals surface area contributed by atoms with E-state index in [9.17, 15) is 0 Å². The van der Waals surface area contributed by atoms with Crippen LogP contribution in [0.4, 0.5) is 0 Å². The highest BCUT2D eigenvalue weighted by atomic mass is 14.9. The van der Waals surface area contributed by atoms with Gasteiger partial charge >= 0.3 is 0 Å². The molecule has 0 saturated heterocycles. The number of hydrogen-bond donors (Lipinski definition) is 2. The van der Waals surface area contributed by atoms with Gasteiger partial charge in [0.25, 0.3) is 0 Å². The highest BCUT2D eigenvalue weighted by Crippen LogP contribution is 2.19. The summed E-state index contributed by atoms with van der Waals surface area (Å²) in [6.07, 6.45) is 6.09. The van der Waals surface area contributed by atoms with Crippen LogP contribution in [0, 0.1) is 0 Å². The van der Waals surface area contributed by atoms with E-state index in [4.69, 9.17) is 0 Å². The van der Waals surface area contributed by atoms with E-state index < -0.39 is 0 Å². The molecule has 0 atom stereocenters. The van der Waals surface area contributed by atoms with E-state index in [2.05, 4.69) is 34.6 Å². The van der Waals surface area contributed by atoms with Gasteiger partial charge in [-0.2, -0.15) is 0 Å². The van der Waals surface area contributed by atoms with Crippen molar-refractivity contribution in [1.82, 2.24) is 10.3 Å². The Morgan fingerprint density at radius 2 is 2.20 bits per heavy atom. The molecule has 1 heterocycles. The van der Waals surface area contributed by atoms with Crippen molar-refractivity contribution in [2.24, 2.45) is 0 Å². The molecule has 0 unspecified atom stereocenters. The van der Waals surface area contributed by atoms with Gasteiger partial charge in [0.2, 0.25) is 0 Å². The van der Waals surface area contributed by atoms with Crippen LogP contribution in [0.3, 0.4) is 0 Å². The van der Waals surface area contributed by atoms with Gasteiger partial charge in [-0.05, 0) is 35.9 Å². The number of hydrogen-bond acceptors (Lipinski definition) is 1. The quantitative estimate of drug-likeness (QED) is 0.783. The third-order valence-electron chi connectivity index (χ3n) is 3.32. The SMILES string of the molecule is c1cc2ccc(CNC3CCC3)cc2[nH]1. The molecule has 1 aromatic heterocycles. The first-order chi connectivity index (χ1) is 7.42. The zero-order valence-electron chi connectivity index (χ0n) is 8.79. The molecule has 2 N–H and O–H groups in total.